The molecule has 0 radical (unpaired) electrons. The van der Waals surface area contributed by atoms with Gasteiger partial charge in [0.25, 0.3) is 0 Å². The van der Waals surface area contributed by atoms with E-state index in [2.05, 4.69) is 95.6 Å². The summed E-state index contributed by atoms with van der Waals surface area (Å²) in [5.41, 5.74) is -2.05. The Morgan fingerprint density at radius 1 is 0.619 bits per heavy atom. The Hall–Kier alpha value is 1.29. The van der Waals surface area contributed by atoms with E-state index in [9.17, 15) is 14.4 Å². The van der Waals surface area contributed by atoms with Crippen molar-refractivity contribution in [1.82, 2.24) is 13.7 Å². The van der Waals surface area contributed by atoms with Crippen LogP contribution in [0.2, 0.25) is 0 Å². The molecule has 120 valence electrons. The molecule has 0 spiro atoms. The van der Waals surface area contributed by atoms with Gasteiger partial charge >= 0.3 is 17.1 Å². The summed E-state index contributed by atoms with van der Waals surface area (Å²) in [6.45, 7) is 0. The molecule has 0 saturated carbocycles. The predicted molar refractivity (Wildman–Crippen MR) is 104 cm³/mol. The third kappa shape index (κ3) is 4.23. The number of hydrogen-bond donors (Lipinski definition) is 0. The maximum Gasteiger partial charge on any atom is 0.338 e. The lowest BCUT2D eigenvalue weighted by Gasteiger charge is -2.19. The van der Waals surface area contributed by atoms with Gasteiger partial charge in [-0.05, 0) is 0 Å². The lowest BCUT2D eigenvalue weighted by atomic mass is 10.6. The van der Waals surface area contributed by atoms with Crippen LogP contribution in [0.4, 0.5) is 0 Å². The Morgan fingerprint density at radius 3 is 0.952 bits per heavy atom. The van der Waals surface area contributed by atoms with Crippen molar-refractivity contribution in [2.75, 3.05) is 16.0 Å². The Labute approximate surface area is 170 Å². The summed E-state index contributed by atoms with van der Waals surface area (Å²) in [5.74, 6) is 0. The lowest BCUT2D eigenvalue weighted by molar-refractivity contribution is 0.473. The highest BCUT2D eigenvalue weighted by Gasteiger charge is 2.25. The van der Waals surface area contributed by atoms with Crippen LogP contribution in [-0.2, 0) is 0 Å². The molecule has 3 atom stereocenters. The molecule has 0 aliphatic heterocycles. The van der Waals surface area contributed by atoms with Gasteiger partial charge in [0, 0.05) is 16.0 Å². The molecule has 1 heterocycles. The number of hydrogen-bond acceptors (Lipinski definition) is 3. The first kappa shape index (κ1) is 20.3. The van der Waals surface area contributed by atoms with E-state index in [4.69, 9.17) is 0 Å². The summed E-state index contributed by atoms with van der Waals surface area (Å²) in [4.78, 5) is 35.7. The Morgan fingerprint density at radius 2 is 0.810 bits per heavy atom. The smallest absolute Gasteiger partial charge is 0.247 e. The van der Waals surface area contributed by atoms with Crippen molar-refractivity contribution in [2.24, 2.45) is 0 Å². The third-order valence-electron chi connectivity index (χ3n) is 2.46. The molecular formula is C9H9Br6N3O3. The van der Waals surface area contributed by atoms with Gasteiger partial charge < -0.3 is 0 Å². The number of aromatic nitrogens is 3. The normalized spacial score (nSPS) is 15.7. The molecule has 0 amide bonds. The van der Waals surface area contributed by atoms with Crippen LogP contribution in [0.1, 0.15) is 14.9 Å². The largest absolute Gasteiger partial charge is 0.338 e. The van der Waals surface area contributed by atoms with Crippen molar-refractivity contribution in [3.8, 4) is 0 Å². The molecule has 0 bridgehead atoms. The molecule has 0 aromatic carbocycles. The molecule has 0 aliphatic carbocycles. The van der Waals surface area contributed by atoms with Crippen LogP contribution in [0, 0.1) is 0 Å². The van der Waals surface area contributed by atoms with Crippen LogP contribution in [0.15, 0.2) is 14.4 Å². The summed E-state index contributed by atoms with van der Waals surface area (Å²) in [7, 11) is 0. The minimum atomic E-state index is -0.682. The van der Waals surface area contributed by atoms with Crippen molar-refractivity contribution < 1.29 is 0 Å². The molecule has 0 saturated heterocycles. The van der Waals surface area contributed by atoms with Crippen LogP contribution in [0.25, 0.3) is 0 Å². The van der Waals surface area contributed by atoms with Gasteiger partial charge in [-0.1, -0.05) is 95.6 Å². The molecule has 1 aromatic heterocycles. The van der Waals surface area contributed by atoms with E-state index in [1.165, 1.54) is 0 Å². The van der Waals surface area contributed by atoms with Gasteiger partial charge in [0.15, 0.2) is 0 Å². The van der Waals surface area contributed by atoms with Crippen molar-refractivity contribution >= 4 is 95.6 Å². The minimum absolute atomic E-state index is 0.336. The summed E-state index contributed by atoms with van der Waals surface area (Å²) in [6, 6.07) is 0. The zero-order chi connectivity index (χ0) is 16.3. The molecular weight excluding hydrogens is 678 g/mol. The van der Waals surface area contributed by atoms with Crippen LogP contribution >= 0.6 is 95.6 Å². The zero-order valence-electron chi connectivity index (χ0n) is 10.2. The Bertz CT molecular complexity index is 547. The van der Waals surface area contributed by atoms with Gasteiger partial charge in [-0.15, -0.1) is 0 Å². The Kier molecular flexibility index (Phi) is 8.67. The SMILES string of the molecule is O=c1n(C(Br)CBr)c(=O)n(C(Br)CBr)c(=O)n1C(Br)CBr. The van der Waals surface area contributed by atoms with Crippen molar-refractivity contribution in [3.63, 3.8) is 0 Å². The number of halogens is 6. The van der Waals surface area contributed by atoms with Crippen molar-refractivity contribution in [2.45, 2.75) is 14.9 Å². The molecule has 21 heavy (non-hydrogen) atoms. The molecule has 0 N–H and O–H groups in total. The maximum absolute atomic E-state index is 12.5. The predicted octanol–water partition coefficient (Wildman–Crippen LogP) is 3.04. The van der Waals surface area contributed by atoms with Gasteiger partial charge in [-0.2, -0.15) is 0 Å². The second-order valence-electron chi connectivity index (χ2n) is 3.72. The van der Waals surface area contributed by atoms with Gasteiger partial charge in [0.2, 0.25) is 0 Å². The first-order valence-electron chi connectivity index (χ1n) is 5.41. The van der Waals surface area contributed by atoms with Gasteiger partial charge in [0.05, 0.1) is 0 Å². The van der Waals surface area contributed by atoms with Gasteiger partial charge in [0.1, 0.15) is 14.9 Å². The quantitative estimate of drug-likeness (QED) is 0.433. The average Bonchev–Trinajstić information content (AvgIpc) is 2.46. The molecule has 0 aliphatic rings. The fraction of sp³-hybridized carbons (Fsp3) is 0.667. The van der Waals surface area contributed by atoms with Crippen LogP contribution in [0.3, 0.4) is 0 Å². The van der Waals surface area contributed by atoms with Crippen LogP contribution in [-0.4, -0.2) is 29.7 Å². The molecule has 0 fully saturated rings. The van der Waals surface area contributed by atoms with Crippen molar-refractivity contribution in [1.29, 1.82) is 0 Å². The summed E-state index contributed by atoms with van der Waals surface area (Å²) in [6.07, 6.45) is 0. The lowest BCUT2D eigenvalue weighted by Crippen LogP contribution is -2.56. The number of rotatable bonds is 6. The molecule has 6 nitrogen and oxygen atoms in total. The van der Waals surface area contributed by atoms with Crippen molar-refractivity contribution in [3.05, 3.63) is 31.5 Å². The highest BCUT2D eigenvalue weighted by atomic mass is 79.9. The zero-order valence-corrected chi connectivity index (χ0v) is 19.7. The van der Waals surface area contributed by atoms with E-state index in [1.807, 2.05) is 0 Å². The number of alkyl halides is 6. The Balaban J connectivity index is 3.89. The summed E-state index contributed by atoms with van der Waals surface area (Å²) in [5, 5.41) is 1.01. The van der Waals surface area contributed by atoms with Gasteiger partial charge in [-0.25, -0.2) is 28.1 Å². The fourth-order valence-electron chi connectivity index (χ4n) is 1.52. The van der Waals surface area contributed by atoms with E-state index in [-0.39, 0.29) is 0 Å². The van der Waals surface area contributed by atoms with E-state index in [0.29, 0.717) is 16.0 Å². The maximum atomic E-state index is 12.5. The highest BCUT2D eigenvalue weighted by molar-refractivity contribution is 9.12. The average molecular weight is 687 g/mol. The fourth-order valence-corrected chi connectivity index (χ4v) is 3.44. The van der Waals surface area contributed by atoms with E-state index in [1.54, 1.807) is 0 Å². The van der Waals surface area contributed by atoms with Gasteiger partial charge in [-0.3, -0.25) is 0 Å². The number of nitrogens with zero attached hydrogens (tertiary/aromatic N) is 3. The van der Waals surface area contributed by atoms with Crippen LogP contribution < -0.4 is 17.1 Å². The minimum Gasteiger partial charge on any atom is -0.247 e. The van der Waals surface area contributed by atoms with E-state index >= 15 is 0 Å². The highest BCUT2D eigenvalue weighted by Crippen LogP contribution is 2.18. The standard InChI is InChI=1S/C9H9Br6N3O3/c10-1-4(13)16-7(19)17(5(14)2-11)9(21)18(8(16)20)6(15)3-12/h4-6H,1-3H2. The second kappa shape index (κ2) is 8.95. The molecule has 3 unspecified atom stereocenters. The third-order valence-corrected chi connectivity index (χ3v) is 9.11. The topological polar surface area (TPSA) is 66.0 Å². The second-order valence-corrected chi connectivity index (χ2v) is 8.84. The summed E-state index contributed by atoms with van der Waals surface area (Å²) < 4.78 is 2.97. The molecule has 12 heteroatoms. The van der Waals surface area contributed by atoms with E-state index in [0.717, 1.165) is 13.7 Å². The molecule has 1 aromatic rings. The van der Waals surface area contributed by atoms with Crippen LogP contribution in [0.5, 0.6) is 0 Å². The summed E-state index contributed by atoms with van der Waals surface area (Å²) >= 11 is 19.4. The first-order valence-corrected chi connectivity index (χ1v) is 11.5. The van der Waals surface area contributed by atoms with E-state index < -0.39 is 31.9 Å². The molecule has 1 rings (SSSR count). The first-order chi connectivity index (χ1) is 9.81. The monoisotopic (exact) mass is 681 g/mol.